The van der Waals surface area contributed by atoms with Gasteiger partial charge in [0.15, 0.2) is 0 Å². The van der Waals surface area contributed by atoms with Crippen molar-refractivity contribution in [2.75, 3.05) is 23.3 Å². The van der Waals surface area contributed by atoms with Crippen molar-refractivity contribution in [3.8, 4) is 0 Å². The Morgan fingerprint density at radius 3 is 2.11 bits per heavy atom. The highest BCUT2D eigenvalue weighted by Gasteiger charge is 2.13. The van der Waals surface area contributed by atoms with E-state index in [1.807, 2.05) is 24.3 Å². The Kier molecular flexibility index (Phi) is 7.27. The number of benzene rings is 2. The number of carbonyl (C=O) groups excluding carboxylic acids is 3. The van der Waals surface area contributed by atoms with Crippen LogP contribution in [0.3, 0.4) is 0 Å². The van der Waals surface area contributed by atoms with Crippen LogP contribution in [0, 0.1) is 0 Å². The summed E-state index contributed by atoms with van der Waals surface area (Å²) in [5.74, 6) is -2.36. The Morgan fingerprint density at radius 2 is 1.57 bits per heavy atom. The number of rotatable bonds is 7. The summed E-state index contributed by atoms with van der Waals surface area (Å²) in [5, 5.41) is 6.20. The van der Waals surface area contributed by atoms with E-state index in [0.29, 0.717) is 11.3 Å². The van der Waals surface area contributed by atoms with Gasteiger partial charge in [-0.1, -0.05) is 12.1 Å². The van der Waals surface area contributed by atoms with Gasteiger partial charge < -0.3 is 16.0 Å². The first kappa shape index (κ1) is 20.6. The zero-order valence-corrected chi connectivity index (χ0v) is 15.8. The van der Waals surface area contributed by atoms with Crippen LogP contribution in [0.1, 0.15) is 29.8 Å². The van der Waals surface area contributed by atoms with E-state index in [9.17, 15) is 14.4 Å². The fourth-order valence-corrected chi connectivity index (χ4v) is 2.48. The normalized spacial score (nSPS) is 10.5. The van der Waals surface area contributed by atoms with Crippen molar-refractivity contribution in [2.24, 2.45) is 10.8 Å². The molecule has 0 saturated carbocycles. The molecule has 0 heterocycles. The van der Waals surface area contributed by atoms with Crippen LogP contribution in [0.25, 0.3) is 0 Å². The summed E-state index contributed by atoms with van der Waals surface area (Å²) in [6, 6.07) is 13.6. The van der Waals surface area contributed by atoms with Gasteiger partial charge >= 0.3 is 11.8 Å². The smallest absolute Gasteiger partial charge is 0.329 e. The molecule has 8 heteroatoms. The van der Waals surface area contributed by atoms with Gasteiger partial charge in [0.2, 0.25) is 5.91 Å². The molecule has 3 amide bonds. The van der Waals surface area contributed by atoms with E-state index in [2.05, 4.69) is 34.6 Å². The minimum absolute atomic E-state index is 0.305. The first-order valence-corrected chi connectivity index (χ1v) is 8.83. The van der Waals surface area contributed by atoms with E-state index >= 15 is 0 Å². The average molecular weight is 381 g/mol. The molecule has 0 aliphatic heterocycles. The Hall–Kier alpha value is -3.68. The first-order chi connectivity index (χ1) is 13.4. The average Bonchev–Trinajstić information content (AvgIpc) is 2.70. The minimum Gasteiger partial charge on any atom is -0.372 e. The number of carbonyl (C=O) groups is 3. The lowest BCUT2D eigenvalue weighted by molar-refractivity contribution is -0.136. The number of nitrogens with zero attached hydrogens (tertiary/aromatic N) is 2. The molecule has 2 rings (SSSR count). The van der Waals surface area contributed by atoms with Gasteiger partial charge in [-0.05, 0) is 55.8 Å². The van der Waals surface area contributed by atoms with E-state index in [4.69, 9.17) is 5.73 Å². The van der Waals surface area contributed by atoms with Crippen molar-refractivity contribution in [1.82, 2.24) is 5.43 Å². The number of hydrogen-bond acceptors (Lipinski definition) is 5. The molecule has 0 atom stereocenters. The Balaban J connectivity index is 1.88. The molecule has 146 valence electrons. The zero-order chi connectivity index (χ0) is 20.5. The maximum absolute atomic E-state index is 11.9. The second-order valence-electron chi connectivity index (χ2n) is 5.86. The highest BCUT2D eigenvalue weighted by Crippen LogP contribution is 2.14. The Labute approximate surface area is 163 Å². The first-order valence-electron chi connectivity index (χ1n) is 8.83. The van der Waals surface area contributed by atoms with Gasteiger partial charge in [0.1, 0.15) is 0 Å². The summed E-state index contributed by atoms with van der Waals surface area (Å²) in [6.45, 7) is 6.01. The van der Waals surface area contributed by atoms with Crippen molar-refractivity contribution in [1.29, 1.82) is 0 Å². The van der Waals surface area contributed by atoms with Gasteiger partial charge in [0.05, 0.1) is 6.21 Å². The number of nitrogens with two attached hydrogens (primary N) is 1. The highest BCUT2D eigenvalue weighted by molar-refractivity contribution is 6.39. The highest BCUT2D eigenvalue weighted by atomic mass is 16.2. The van der Waals surface area contributed by atoms with Gasteiger partial charge in [-0.3, -0.25) is 14.4 Å². The molecule has 0 unspecified atom stereocenters. The number of anilines is 2. The lowest BCUT2D eigenvalue weighted by Crippen LogP contribution is -2.32. The summed E-state index contributed by atoms with van der Waals surface area (Å²) >= 11 is 0. The predicted molar refractivity (Wildman–Crippen MR) is 109 cm³/mol. The number of primary amides is 1. The molecular weight excluding hydrogens is 358 g/mol. The topological polar surface area (TPSA) is 117 Å². The van der Waals surface area contributed by atoms with Crippen molar-refractivity contribution in [3.63, 3.8) is 0 Å². The third-order valence-corrected chi connectivity index (χ3v) is 4.03. The fraction of sp³-hybridized carbons (Fsp3) is 0.200. The van der Waals surface area contributed by atoms with Gasteiger partial charge in [0, 0.05) is 30.0 Å². The molecule has 28 heavy (non-hydrogen) atoms. The molecule has 0 aliphatic rings. The molecule has 0 aliphatic carbocycles. The number of amides is 3. The van der Waals surface area contributed by atoms with Crippen molar-refractivity contribution >= 4 is 35.3 Å². The van der Waals surface area contributed by atoms with Crippen LogP contribution in [0.2, 0.25) is 0 Å². The second kappa shape index (κ2) is 9.86. The quantitative estimate of drug-likeness (QED) is 0.384. The number of hydrazone groups is 1. The van der Waals surface area contributed by atoms with Gasteiger partial charge in [0.25, 0.3) is 0 Å². The van der Waals surface area contributed by atoms with E-state index in [1.165, 1.54) is 30.5 Å². The third-order valence-electron chi connectivity index (χ3n) is 4.03. The third kappa shape index (κ3) is 5.66. The molecule has 2 aromatic rings. The number of hydrogen-bond donors (Lipinski definition) is 3. The molecule has 0 spiro atoms. The standard InChI is InChI=1S/C20H23N5O3/c1-3-25(4-2)17-11-5-14(6-12-17)13-22-24-20(28)19(27)23-16-9-7-15(8-10-16)18(21)26/h5-13H,3-4H2,1-2H3,(H2,21,26)(H,23,27)(H,24,28)/b22-13+. The van der Waals surface area contributed by atoms with Crippen LogP contribution >= 0.6 is 0 Å². The van der Waals surface area contributed by atoms with Crippen molar-refractivity contribution < 1.29 is 14.4 Å². The maximum Gasteiger partial charge on any atom is 0.329 e. The predicted octanol–water partition coefficient (Wildman–Crippen LogP) is 1.72. The molecule has 0 saturated heterocycles. The van der Waals surface area contributed by atoms with Crippen LogP contribution in [0.5, 0.6) is 0 Å². The molecule has 0 fully saturated rings. The summed E-state index contributed by atoms with van der Waals surface area (Å²) in [6.07, 6.45) is 1.46. The molecule has 0 radical (unpaired) electrons. The molecule has 0 bridgehead atoms. The van der Waals surface area contributed by atoms with Crippen LogP contribution in [-0.2, 0) is 9.59 Å². The largest absolute Gasteiger partial charge is 0.372 e. The van der Waals surface area contributed by atoms with Crippen LogP contribution in [-0.4, -0.2) is 37.0 Å². The van der Waals surface area contributed by atoms with Crippen LogP contribution < -0.4 is 21.4 Å². The monoisotopic (exact) mass is 381 g/mol. The Morgan fingerprint density at radius 1 is 0.964 bits per heavy atom. The fourth-order valence-electron chi connectivity index (χ4n) is 2.48. The van der Waals surface area contributed by atoms with Gasteiger partial charge in [-0.2, -0.15) is 5.10 Å². The van der Waals surface area contributed by atoms with Gasteiger partial charge in [-0.25, -0.2) is 5.43 Å². The Bertz CT molecular complexity index is 856. The summed E-state index contributed by atoms with van der Waals surface area (Å²) < 4.78 is 0. The summed E-state index contributed by atoms with van der Waals surface area (Å²) in [4.78, 5) is 36.9. The molecule has 8 nitrogen and oxygen atoms in total. The minimum atomic E-state index is -0.907. The van der Waals surface area contributed by atoms with Crippen molar-refractivity contribution in [3.05, 3.63) is 59.7 Å². The van der Waals surface area contributed by atoms with Gasteiger partial charge in [-0.15, -0.1) is 0 Å². The number of nitrogens with one attached hydrogen (secondary N) is 2. The zero-order valence-electron chi connectivity index (χ0n) is 15.8. The lowest BCUT2D eigenvalue weighted by Gasteiger charge is -2.20. The van der Waals surface area contributed by atoms with E-state index < -0.39 is 17.7 Å². The molecular formula is C20H23N5O3. The van der Waals surface area contributed by atoms with Crippen LogP contribution in [0.4, 0.5) is 11.4 Å². The molecule has 0 aromatic heterocycles. The van der Waals surface area contributed by atoms with E-state index in [-0.39, 0.29) is 0 Å². The summed E-state index contributed by atoms with van der Waals surface area (Å²) in [7, 11) is 0. The summed E-state index contributed by atoms with van der Waals surface area (Å²) in [5.41, 5.74) is 9.88. The second-order valence-corrected chi connectivity index (χ2v) is 5.86. The SMILES string of the molecule is CCN(CC)c1ccc(/C=N/NC(=O)C(=O)Nc2ccc(C(N)=O)cc2)cc1. The van der Waals surface area contributed by atoms with Crippen molar-refractivity contribution in [2.45, 2.75) is 13.8 Å². The molecule has 4 N–H and O–H groups in total. The maximum atomic E-state index is 11.9. The van der Waals surface area contributed by atoms with E-state index in [0.717, 1.165) is 24.3 Å². The van der Waals surface area contributed by atoms with Crippen LogP contribution in [0.15, 0.2) is 53.6 Å². The van der Waals surface area contributed by atoms with E-state index in [1.54, 1.807) is 0 Å². The lowest BCUT2D eigenvalue weighted by atomic mass is 10.2. The molecule has 2 aromatic carbocycles.